The molecule has 1 saturated carbocycles. The molecular formula is C14H30N2. The molecule has 0 aromatic rings. The highest BCUT2D eigenvalue weighted by Gasteiger charge is 2.17. The zero-order valence-corrected chi connectivity index (χ0v) is 11.5. The molecule has 1 N–H and O–H groups in total. The van der Waals surface area contributed by atoms with E-state index in [1.165, 1.54) is 58.0 Å². The van der Waals surface area contributed by atoms with Gasteiger partial charge in [0, 0.05) is 6.04 Å². The molecule has 1 rings (SSSR count). The number of hydrogen-bond acceptors (Lipinski definition) is 2. The standard InChI is InChI=1S/C14H30N2/c1-13(15-11-8-12-16(2)3)14-9-6-4-5-7-10-14/h13-15H,4-12H2,1-3H3/t13-/m0/s1. The molecule has 16 heavy (non-hydrogen) atoms. The van der Waals surface area contributed by atoms with Crippen molar-refractivity contribution < 1.29 is 0 Å². The Hall–Kier alpha value is -0.0800. The maximum absolute atomic E-state index is 3.71. The average Bonchev–Trinajstić information content (AvgIpc) is 2.52. The van der Waals surface area contributed by atoms with Crippen LogP contribution in [-0.4, -0.2) is 38.1 Å². The molecule has 0 heterocycles. The second-order valence-electron chi connectivity index (χ2n) is 5.65. The van der Waals surface area contributed by atoms with E-state index >= 15 is 0 Å². The smallest absolute Gasteiger partial charge is 0.00670 e. The van der Waals surface area contributed by atoms with Gasteiger partial charge in [-0.2, -0.15) is 0 Å². The molecule has 2 heteroatoms. The Balaban J connectivity index is 2.10. The lowest BCUT2D eigenvalue weighted by Gasteiger charge is -2.24. The van der Waals surface area contributed by atoms with Crippen molar-refractivity contribution in [1.82, 2.24) is 10.2 Å². The van der Waals surface area contributed by atoms with Crippen LogP contribution in [0.4, 0.5) is 0 Å². The van der Waals surface area contributed by atoms with E-state index < -0.39 is 0 Å². The topological polar surface area (TPSA) is 15.3 Å². The quantitative estimate of drug-likeness (QED) is 0.553. The van der Waals surface area contributed by atoms with Crippen molar-refractivity contribution >= 4 is 0 Å². The lowest BCUT2D eigenvalue weighted by molar-refractivity contribution is 0.325. The Bertz CT molecular complexity index is 160. The second-order valence-corrected chi connectivity index (χ2v) is 5.65. The molecule has 0 amide bonds. The molecule has 1 atom stereocenters. The van der Waals surface area contributed by atoms with Gasteiger partial charge in [0.15, 0.2) is 0 Å². The summed E-state index contributed by atoms with van der Waals surface area (Å²) in [5.41, 5.74) is 0. The summed E-state index contributed by atoms with van der Waals surface area (Å²) in [5.74, 6) is 0.932. The van der Waals surface area contributed by atoms with Crippen LogP contribution in [0.3, 0.4) is 0 Å². The predicted molar refractivity (Wildman–Crippen MR) is 71.8 cm³/mol. The van der Waals surface area contributed by atoms with Crippen molar-refractivity contribution in [3.8, 4) is 0 Å². The third-order valence-electron chi connectivity index (χ3n) is 3.86. The van der Waals surface area contributed by atoms with Crippen molar-refractivity contribution in [3.63, 3.8) is 0 Å². The van der Waals surface area contributed by atoms with Crippen LogP contribution in [0, 0.1) is 5.92 Å². The van der Waals surface area contributed by atoms with Crippen LogP contribution in [-0.2, 0) is 0 Å². The molecule has 0 bridgehead atoms. The summed E-state index contributed by atoms with van der Waals surface area (Å²) in [7, 11) is 4.30. The van der Waals surface area contributed by atoms with Gasteiger partial charge in [0.2, 0.25) is 0 Å². The monoisotopic (exact) mass is 226 g/mol. The zero-order valence-electron chi connectivity index (χ0n) is 11.5. The van der Waals surface area contributed by atoms with E-state index in [4.69, 9.17) is 0 Å². The van der Waals surface area contributed by atoms with Crippen molar-refractivity contribution in [2.45, 2.75) is 57.9 Å². The Kier molecular flexibility index (Phi) is 7.06. The van der Waals surface area contributed by atoms with Crippen molar-refractivity contribution in [2.24, 2.45) is 5.92 Å². The average molecular weight is 226 g/mol. The first-order valence-corrected chi connectivity index (χ1v) is 7.08. The van der Waals surface area contributed by atoms with E-state index in [0.29, 0.717) is 0 Å². The fourth-order valence-corrected chi connectivity index (χ4v) is 2.70. The van der Waals surface area contributed by atoms with Gasteiger partial charge in [0.1, 0.15) is 0 Å². The van der Waals surface area contributed by atoms with Gasteiger partial charge in [-0.3, -0.25) is 0 Å². The van der Waals surface area contributed by atoms with Gasteiger partial charge in [0.05, 0.1) is 0 Å². The molecule has 1 aliphatic rings. The molecule has 0 radical (unpaired) electrons. The van der Waals surface area contributed by atoms with E-state index in [9.17, 15) is 0 Å². The van der Waals surface area contributed by atoms with E-state index in [0.717, 1.165) is 12.0 Å². The van der Waals surface area contributed by atoms with Crippen LogP contribution in [0.25, 0.3) is 0 Å². The van der Waals surface area contributed by atoms with E-state index in [2.05, 4.69) is 31.2 Å². The first-order valence-electron chi connectivity index (χ1n) is 7.08. The maximum Gasteiger partial charge on any atom is 0.00670 e. The zero-order chi connectivity index (χ0) is 11.8. The molecule has 0 saturated heterocycles. The van der Waals surface area contributed by atoms with Crippen LogP contribution in [0.5, 0.6) is 0 Å². The molecule has 0 aliphatic heterocycles. The number of nitrogens with one attached hydrogen (secondary N) is 1. The molecule has 0 spiro atoms. The fraction of sp³-hybridized carbons (Fsp3) is 1.00. The highest BCUT2D eigenvalue weighted by molar-refractivity contribution is 4.74. The minimum atomic E-state index is 0.722. The van der Waals surface area contributed by atoms with Crippen molar-refractivity contribution in [2.75, 3.05) is 27.2 Å². The Morgan fingerprint density at radius 1 is 1.12 bits per heavy atom. The molecule has 0 unspecified atom stereocenters. The Morgan fingerprint density at radius 3 is 2.31 bits per heavy atom. The molecular weight excluding hydrogens is 196 g/mol. The van der Waals surface area contributed by atoms with Gasteiger partial charge in [0.25, 0.3) is 0 Å². The minimum absolute atomic E-state index is 0.722. The highest BCUT2D eigenvalue weighted by atomic mass is 15.1. The van der Waals surface area contributed by atoms with Crippen LogP contribution in [0.1, 0.15) is 51.9 Å². The summed E-state index contributed by atoms with van der Waals surface area (Å²) in [4.78, 5) is 2.26. The molecule has 96 valence electrons. The summed E-state index contributed by atoms with van der Waals surface area (Å²) in [5, 5.41) is 3.71. The highest BCUT2D eigenvalue weighted by Crippen LogP contribution is 2.25. The molecule has 1 aliphatic carbocycles. The van der Waals surface area contributed by atoms with Crippen LogP contribution >= 0.6 is 0 Å². The first-order chi connectivity index (χ1) is 7.70. The molecule has 2 nitrogen and oxygen atoms in total. The summed E-state index contributed by atoms with van der Waals surface area (Å²) in [6, 6.07) is 0.722. The number of hydrogen-bond donors (Lipinski definition) is 1. The van der Waals surface area contributed by atoms with Gasteiger partial charge in [-0.1, -0.05) is 25.7 Å². The Labute approximate surface area is 102 Å². The van der Waals surface area contributed by atoms with Crippen LogP contribution in [0.2, 0.25) is 0 Å². The van der Waals surface area contributed by atoms with Crippen LogP contribution in [0.15, 0.2) is 0 Å². The summed E-state index contributed by atoms with van der Waals surface area (Å²) >= 11 is 0. The van der Waals surface area contributed by atoms with Crippen LogP contribution < -0.4 is 5.32 Å². The summed E-state index contributed by atoms with van der Waals surface area (Å²) < 4.78 is 0. The van der Waals surface area contributed by atoms with Gasteiger partial charge < -0.3 is 10.2 Å². The lowest BCUT2D eigenvalue weighted by atomic mass is 9.93. The number of rotatable bonds is 6. The lowest BCUT2D eigenvalue weighted by Crippen LogP contribution is -2.35. The largest absolute Gasteiger partial charge is 0.314 e. The van der Waals surface area contributed by atoms with E-state index in [-0.39, 0.29) is 0 Å². The van der Waals surface area contributed by atoms with Gasteiger partial charge in [-0.15, -0.1) is 0 Å². The normalized spacial score (nSPS) is 21.0. The van der Waals surface area contributed by atoms with E-state index in [1.54, 1.807) is 0 Å². The van der Waals surface area contributed by atoms with Crippen molar-refractivity contribution in [3.05, 3.63) is 0 Å². The predicted octanol–water partition coefficient (Wildman–Crippen LogP) is 2.89. The third kappa shape index (κ3) is 5.86. The number of nitrogens with zero attached hydrogens (tertiary/aromatic N) is 1. The van der Waals surface area contributed by atoms with Crippen molar-refractivity contribution in [1.29, 1.82) is 0 Å². The molecule has 1 fully saturated rings. The Morgan fingerprint density at radius 2 is 1.75 bits per heavy atom. The maximum atomic E-state index is 3.71. The third-order valence-corrected chi connectivity index (χ3v) is 3.86. The van der Waals surface area contributed by atoms with Gasteiger partial charge in [-0.25, -0.2) is 0 Å². The molecule has 0 aromatic heterocycles. The molecule has 0 aromatic carbocycles. The van der Waals surface area contributed by atoms with E-state index in [1.807, 2.05) is 0 Å². The first kappa shape index (κ1) is 14.0. The SMILES string of the molecule is C[C@H](NCCCN(C)C)C1CCCCCC1. The fourth-order valence-electron chi connectivity index (χ4n) is 2.70. The minimum Gasteiger partial charge on any atom is -0.314 e. The van der Waals surface area contributed by atoms with Gasteiger partial charge in [-0.05, 0) is 59.3 Å². The summed E-state index contributed by atoms with van der Waals surface area (Å²) in [6.07, 6.45) is 9.99. The van der Waals surface area contributed by atoms with Gasteiger partial charge >= 0.3 is 0 Å². The second kappa shape index (κ2) is 8.08. The summed E-state index contributed by atoms with van der Waals surface area (Å²) in [6.45, 7) is 4.76.